The molecule has 0 aliphatic carbocycles. The lowest BCUT2D eigenvalue weighted by molar-refractivity contribution is 0.0949. The Morgan fingerprint density at radius 2 is 1.93 bits per heavy atom. The number of hydrogen-bond acceptors (Lipinski definition) is 5. The maximum Gasteiger partial charge on any atom is 0.346 e. The highest BCUT2D eigenvalue weighted by atomic mass is 16.5. The van der Waals surface area contributed by atoms with Gasteiger partial charge in [0.15, 0.2) is 0 Å². The van der Waals surface area contributed by atoms with E-state index >= 15 is 0 Å². The lowest BCUT2D eigenvalue weighted by Crippen LogP contribution is -2.24. The molecule has 2 N–H and O–H groups in total. The summed E-state index contributed by atoms with van der Waals surface area (Å²) in [5, 5.41) is 3.95. The lowest BCUT2D eigenvalue weighted by Gasteiger charge is -2.09. The van der Waals surface area contributed by atoms with Crippen molar-refractivity contribution in [2.45, 2.75) is 20.0 Å². The monoisotopic (exact) mass is 376 g/mol. The van der Waals surface area contributed by atoms with Crippen molar-refractivity contribution in [2.75, 3.05) is 0 Å². The van der Waals surface area contributed by atoms with Crippen molar-refractivity contribution < 1.29 is 9.53 Å². The second kappa shape index (κ2) is 8.77. The van der Waals surface area contributed by atoms with Crippen molar-refractivity contribution in [3.8, 4) is 17.0 Å². The number of hydrogen-bond donors (Lipinski definition) is 2. The molecule has 142 valence electrons. The smallest absolute Gasteiger partial charge is 0.346 e. The Kier molecular flexibility index (Phi) is 5.96. The number of nitrogens with one attached hydrogen (secondary N) is 2. The number of H-pyrrole nitrogens is 1. The Bertz CT molecular complexity index is 1040. The van der Waals surface area contributed by atoms with Crippen LogP contribution in [0.3, 0.4) is 0 Å². The quantitative estimate of drug-likeness (QED) is 0.511. The van der Waals surface area contributed by atoms with Crippen molar-refractivity contribution in [1.29, 1.82) is 0 Å². The fourth-order valence-electron chi connectivity index (χ4n) is 2.50. The summed E-state index contributed by atoms with van der Waals surface area (Å²) in [4.78, 5) is 30.5. The molecule has 0 fully saturated rings. The van der Waals surface area contributed by atoms with E-state index in [4.69, 9.17) is 4.74 Å². The average molecular weight is 376 g/mol. The van der Waals surface area contributed by atoms with Crippen LogP contribution in [0, 0.1) is 0 Å². The van der Waals surface area contributed by atoms with Gasteiger partial charge in [-0.3, -0.25) is 4.79 Å². The van der Waals surface area contributed by atoms with E-state index in [1.807, 2.05) is 68.4 Å². The van der Waals surface area contributed by atoms with Crippen LogP contribution in [0.4, 0.5) is 0 Å². The molecule has 7 heteroatoms. The number of amides is 1. The van der Waals surface area contributed by atoms with E-state index < -0.39 is 11.6 Å². The third kappa shape index (κ3) is 5.14. The second-order valence-corrected chi connectivity index (χ2v) is 6.29. The Balaban J connectivity index is 1.72. The predicted molar refractivity (Wildman–Crippen MR) is 108 cm³/mol. The Morgan fingerprint density at radius 1 is 1.14 bits per heavy atom. The molecule has 7 nitrogen and oxygen atoms in total. The van der Waals surface area contributed by atoms with Gasteiger partial charge in [0, 0.05) is 5.56 Å². The molecule has 3 aromatic rings. The summed E-state index contributed by atoms with van der Waals surface area (Å²) in [5.74, 6) is 0.179. The molecule has 2 aromatic carbocycles. The zero-order valence-corrected chi connectivity index (χ0v) is 15.5. The lowest BCUT2D eigenvalue weighted by atomic mass is 10.1. The average Bonchev–Trinajstić information content (AvgIpc) is 2.68. The van der Waals surface area contributed by atoms with Gasteiger partial charge in [-0.1, -0.05) is 42.5 Å². The van der Waals surface area contributed by atoms with Gasteiger partial charge in [0.1, 0.15) is 11.4 Å². The maximum absolute atomic E-state index is 12.3. The van der Waals surface area contributed by atoms with Gasteiger partial charge < -0.3 is 9.72 Å². The summed E-state index contributed by atoms with van der Waals surface area (Å²) < 4.78 is 5.62. The second-order valence-electron chi connectivity index (χ2n) is 6.29. The third-order valence-electron chi connectivity index (χ3n) is 3.67. The van der Waals surface area contributed by atoms with Crippen molar-refractivity contribution >= 4 is 12.1 Å². The van der Waals surface area contributed by atoms with Crippen molar-refractivity contribution in [2.24, 2.45) is 5.10 Å². The van der Waals surface area contributed by atoms with Gasteiger partial charge >= 0.3 is 5.69 Å². The van der Waals surface area contributed by atoms with Gasteiger partial charge in [0.05, 0.1) is 18.0 Å². The van der Waals surface area contributed by atoms with Gasteiger partial charge in [0.2, 0.25) is 0 Å². The topological polar surface area (TPSA) is 96.4 Å². The molecular formula is C21H20N4O3. The van der Waals surface area contributed by atoms with Gasteiger partial charge in [-0.2, -0.15) is 10.1 Å². The normalized spacial score (nSPS) is 11.0. The Morgan fingerprint density at radius 3 is 2.68 bits per heavy atom. The van der Waals surface area contributed by atoms with Crippen LogP contribution in [0.1, 0.15) is 29.9 Å². The molecule has 3 rings (SSSR count). The van der Waals surface area contributed by atoms with E-state index in [1.165, 1.54) is 12.3 Å². The van der Waals surface area contributed by atoms with Crippen molar-refractivity contribution in [1.82, 2.24) is 15.4 Å². The minimum atomic E-state index is -0.603. The molecule has 28 heavy (non-hydrogen) atoms. The summed E-state index contributed by atoms with van der Waals surface area (Å²) in [5.41, 5.74) is 3.81. The van der Waals surface area contributed by atoms with Crippen LogP contribution in [-0.2, 0) is 0 Å². The van der Waals surface area contributed by atoms with Crippen LogP contribution in [0.25, 0.3) is 11.3 Å². The molecule has 0 saturated heterocycles. The number of carbonyl (C=O) groups is 1. The molecule has 0 bridgehead atoms. The summed E-state index contributed by atoms with van der Waals surface area (Å²) >= 11 is 0. The van der Waals surface area contributed by atoms with Crippen LogP contribution < -0.4 is 15.9 Å². The summed E-state index contributed by atoms with van der Waals surface area (Å²) in [6, 6.07) is 18.0. The molecule has 1 amide bonds. The Hall–Kier alpha value is -3.74. The molecule has 0 aliphatic rings. The minimum absolute atomic E-state index is 0.0641. The molecule has 0 spiro atoms. The number of carbonyl (C=O) groups excluding carboxylic acids is 1. The first-order valence-corrected chi connectivity index (χ1v) is 8.78. The highest BCUT2D eigenvalue weighted by Crippen LogP contribution is 2.15. The van der Waals surface area contributed by atoms with E-state index in [9.17, 15) is 9.59 Å². The fraction of sp³-hybridized carbons (Fsp3) is 0.143. The third-order valence-corrected chi connectivity index (χ3v) is 3.67. The molecular weight excluding hydrogens is 356 g/mol. The number of aromatic amines is 1. The first kappa shape index (κ1) is 19.0. The number of ether oxygens (including phenoxy) is 1. The largest absolute Gasteiger partial charge is 0.491 e. The van der Waals surface area contributed by atoms with Crippen LogP contribution >= 0.6 is 0 Å². The molecule has 0 saturated carbocycles. The molecule has 0 atom stereocenters. The molecule has 1 aromatic heterocycles. The fourth-order valence-corrected chi connectivity index (χ4v) is 2.50. The van der Waals surface area contributed by atoms with E-state index in [-0.39, 0.29) is 11.8 Å². The molecule has 0 aliphatic heterocycles. The number of nitrogens with zero attached hydrogens (tertiary/aromatic N) is 2. The minimum Gasteiger partial charge on any atom is -0.491 e. The summed E-state index contributed by atoms with van der Waals surface area (Å²) in [7, 11) is 0. The molecule has 0 unspecified atom stereocenters. The van der Waals surface area contributed by atoms with Crippen molar-refractivity contribution in [3.63, 3.8) is 0 Å². The van der Waals surface area contributed by atoms with Crippen molar-refractivity contribution in [3.05, 3.63) is 82.4 Å². The van der Waals surface area contributed by atoms with E-state index in [1.54, 1.807) is 0 Å². The standard InChI is InChI=1S/C21H20N4O3/c1-14(2)28-17-10-6-7-15(11-17)13-22-25-20(26)19-12-18(23-21(27)24-19)16-8-4-3-5-9-16/h3-14H,1-2H3,(H,25,26)(H,23,24,27)/b22-13+. The number of rotatable bonds is 6. The van der Waals surface area contributed by atoms with Crippen LogP contribution in [0.2, 0.25) is 0 Å². The van der Waals surface area contributed by atoms with E-state index in [2.05, 4.69) is 20.5 Å². The zero-order valence-electron chi connectivity index (χ0n) is 15.5. The number of hydrazone groups is 1. The van der Waals surface area contributed by atoms with Crippen LogP contribution in [0.5, 0.6) is 5.75 Å². The first-order valence-electron chi connectivity index (χ1n) is 8.78. The zero-order chi connectivity index (χ0) is 19.9. The summed E-state index contributed by atoms with van der Waals surface area (Å²) in [6.07, 6.45) is 1.57. The first-order chi connectivity index (χ1) is 13.5. The number of benzene rings is 2. The molecule has 0 radical (unpaired) electrons. The van der Waals surface area contributed by atoms with E-state index in [0.717, 1.165) is 16.9 Å². The highest BCUT2D eigenvalue weighted by Gasteiger charge is 2.10. The van der Waals surface area contributed by atoms with Gasteiger partial charge in [0.25, 0.3) is 5.91 Å². The van der Waals surface area contributed by atoms with Crippen LogP contribution in [-0.4, -0.2) is 28.2 Å². The molecule has 1 heterocycles. The SMILES string of the molecule is CC(C)Oc1cccc(/C=N/NC(=O)c2cc(-c3ccccc3)nc(=O)[nH]2)c1. The van der Waals surface area contributed by atoms with Gasteiger partial charge in [-0.05, 0) is 37.6 Å². The number of aromatic nitrogens is 2. The van der Waals surface area contributed by atoms with Crippen LogP contribution in [0.15, 0.2) is 70.6 Å². The maximum atomic E-state index is 12.3. The highest BCUT2D eigenvalue weighted by molar-refractivity contribution is 5.93. The Labute approximate surface area is 162 Å². The summed E-state index contributed by atoms with van der Waals surface area (Å²) in [6.45, 7) is 3.89. The van der Waals surface area contributed by atoms with Gasteiger partial charge in [-0.15, -0.1) is 0 Å². The van der Waals surface area contributed by atoms with Gasteiger partial charge in [-0.25, -0.2) is 10.2 Å². The predicted octanol–water partition coefficient (Wildman–Crippen LogP) is 2.99. The van der Waals surface area contributed by atoms with E-state index in [0.29, 0.717) is 5.69 Å².